The normalized spacial score (nSPS) is 14.5. The van der Waals surface area contributed by atoms with E-state index in [1.54, 1.807) is 0 Å². The predicted molar refractivity (Wildman–Crippen MR) is 197 cm³/mol. The Kier molecular flexibility index (Phi) is 7.89. The van der Waals surface area contributed by atoms with Crippen LogP contribution in [0.15, 0.2) is 146 Å². The molecular weight excluding hydrogens is 585 g/mol. The van der Waals surface area contributed by atoms with E-state index in [2.05, 4.69) is 159 Å². The molecule has 6 aromatic rings. The van der Waals surface area contributed by atoms with Crippen molar-refractivity contribution in [3.8, 4) is 33.8 Å². The van der Waals surface area contributed by atoms with Crippen LogP contribution in [0.1, 0.15) is 72.9 Å². The third-order valence-electron chi connectivity index (χ3n) is 10.6. The van der Waals surface area contributed by atoms with Gasteiger partial charge >= 0.3 is 0 Å². The Morgan fingerprint density at radius 1 is 0.375 bits per heavy atom. The largest absolute Gasteiger partial charge is 0.494 e. The molecule has 6 aromatic carbocycles. The van der Waals surface area contributed by atoms with E-state index in [0.29, 0.717) is 0 Å². The van der Waals surface area contributed by atoms with Gasteiger partial charge in [0.05, 0.1) is 13.2 Å². The molecule has 48 heavy (non-hydrogen) atoms. The van der Waals surface area contributed by atoms with Gasteiger partial charge in [-0.15, -0.1) is 0 Å². The maximum absolute atomic E-state index is 6.06. The minimum atomic E-state index is -0.333. The third-order valence-corrected chi connectivity index (χ3v) is 10.6. The van der Waals surface area contributed by atoms with Crippen molar-refractivity contribution in [1.82, 2.24) is 0 Å². The van der Waals surface area contributed by atoms with Gasteiger partial charge in [0.15, 0.2) is 0 Å². The molecule has 2 aliphatic rings. The first-order valence-electron chi connectivity index (χ1n) is 17.6. The zero-order chi connectivity index (χ0) is 32.6. The smallest absolute Gasteiger partial charge is 0.119 e. The van der Waals surface area contributed by atoms with Crippen LogP contribution in [0.5, 0.6) is 11.5 Å². The second-order valence-electron chi connectivity index (χ2n) is 13.2. The fourth-order valence-electron chi connectivity index (χ4n) is 8.59. The van der Waals surface area contributed by atoms with Crippen molar-refractivity contribution < 1.29 is 9.47 Å². The van der Waals surface area contributed by atoms with Crippen molar-refractivity contribution >= 4 is 0 Å². The molecule has 8 rings (SSSR count). The molecule has 0 aromatic heterocycles. The van der Waals surface area contributed by atoms with Gasteiger partial charge in [-0.25, -0.2) is 0 Å². The van der Waals surface area contributed by atoms with Gasteiger partial charge in [0.2, 0.25) is 0 Å². The van der Waals surface area contributed by atoms with Gasteiger partial charge in [-0.05, 0) is 106 Å². The molecule has 2 aliphatic carbocycles. The summed E-state index contributed by atoms with van der Waals surface area (Å²) in [6.45, 7) is 5.74. The molecular formula is C46H42O2. The number of hydrogen-bond acceptors (Lipinski definition) is 2. The molecule has 0 radical (unpaired) electrons. The standard InChI is InChI=1S/C46H42O2/c1-3-31-47-35-25-21-33(22-26-35)45(41-17-9-5-13-37(41)38-14-6-10-18-42(38)45)29-30-46(34-23-27-36(28-24-34)48-32-4-2)43-19-11-7-15-39(43)40-16-8-12-20-44(40)46/h5-28H,3-4,29-32H2,1-2H3. The lowest BCUT2D eigenvalue weighted by atomic mass is 9.62. The number of fused-ring (bicyclic) bond motifs is 6. The van der Waals surface area contributed by atoms with Crippen molar-refractivity contribution in [2.45, 2.75) is 50.4 Å². The van der Waals surface area contributed by atoms with Crippen LogP contribution in [0.25, 0.3) is 22.3 Å². The van der Waals surface area contributed by atoms with E-state index in [-0.39, 0.29) is 10.8 Å². The molecule has 0 N–H and O–H groups in total. The maximum Gasteiger partial charge on any atom is 0.119 e. The van der Waals surface area contributed by atoms with E-state index in [4.69, 9.17) is 9.47 Å². The monoisotopic (exact) mass is 626 g/mol. The Balaban J connectivity index is 1.33. The Labute approximate surface area is 285 Å². The highest BCUT2D eigenvalue weighted by Crippen LogP contribution is 2.60. The van der Waals surface area contributed by atoms with Crippen LogP contribution in [0.4, 0.5) is 0 Å². The molecule has 0 fully saturated rings. The van der Waals surface area contributed by atoms with E-state index >= 15 is 0 Å². The SMILES string of the molecule is CCCOc1ccc(C2(CCC3(c4ccc(OCCC)cc4)c4ccccc4-c4ccccc43)c3ccccc3-c3ccccc32)cc1. The second-order valence-corrected chi connectivity index (χ2v) is 13.2. The summed E-state index contributed by atoms with van der Waals surface area (Å²) in [5.74, 6) is 1.85. The highest BCUT2D eigenvalue weighted by molar-refractivity contribution is 5.85. The zero-order valence-electron chi connectivity index (χ0n) is 27.9. The fraction of sp³-hybridized carbons (Fsp3) is 0.217. The number of rotatable bonds is 11. The summed E-state index contributed by atoms with van der Waals surface area (Å²) in [6.07, 6.45) is 3.83. The van der Waals surface area contributed by atoms with Crippen molar-refractivity contribution in [2.24, 2.45) is 0 Å². The Bertz CT molecular complexity index is 1810. The molecule has 0 aliphatic heterocycles. The first-order valence-corrected chi connectivity index (χ1v) is 17.6. The molecule has 0 spiro atoms. The fourth-order valence-corrected chi connectivity index (χ4v) is 8.59. The van der Waals surface area contributed by atoms with E-state index in [0.717, 1.165) is 50.4 Å². The van der Waals surface area contributed by atoms with Gasteiger partial charge in [0.1, 0.15) is 11.5 Å². The van der Waals surface area contributed by atoms with Crippen molar-refractivity contribution in [1.29, 1.82) is 0 Å². The predicted octanol–water partition coefficient (Wildman–Crippen LogP) is 11.4. The first kappa shape index (κ1) is 30.3. The van der Waals surface area contributed by atoms with Crippen LogP contribution < -0.4 is 9.47 Å². The summed E-state index contributed by atoms with van der Waals surface area (Å²) in [5.41, 5.74) is 12.8. The average Bonchev–Trinajstić information content (AvgIpc) is 3.61. The van der Waals surface area contributed by atoms with Gasteiger partial charge in [0, 0.05) is 10.8 Å². The molecule has 0 atom stereocenters. The van der Waals surface area contributed by atoms with Gasteiger partial charge in [-0.1, -0.05) is 135 Å². The van der Waals surface area contributed by atoms with Crippen LogP contribution in [-0.2, 0) is 10.8 Å². The van der Waals surface area contributed by atoms with E-state index in [1.165, 1.54) is 55.6 Å². The summed E-state index contributed by atoms with van der Waals surface area (Å²) in [6, 6.07) is 54.2. The number of ether oxygens (including phenoxy) is 2. The van der Waals surface area contributed by atoms with Gasteiger partial charge in [0.25, 0.3) is 0 Å². The molecule has 0 amide bonds. The Morgan fingerprint density at radius 3 is 0.958 bits per heavy atom. The van der Waals surface area contributed by atoms with Crippen molar-refractivity contribution in [2.75, 3.05) is 13.2 Å². The van der Waals surface area contributed by atoms with Crippen LogP contribution in [0.3, 0.4) is 0 Å². The molecule has 238 valence electrons. The van der Waals surface area contributed by atoms with Gasteiger partial charge in [-0.3, -0.25) is 0 Å². The minimum absolute atomic E-state index is 0.333. The van der Waals surface area contributed by atoms with Crippen LogP contribution in [0, 0.1) is 0 Å². The third kappa shape index (κ3) is 4.69. The van der Waals surface area contributed by atoms with E-state index in [9.17, 15) is 0 Å². The molecule has 0 saturated heterocycles. The summed E-state index contributed by atoms with van der Waals surface area (Å²) in [7, 11) is 0. The maximum atomic E-state index is 6.06. The number of benzene rings is 6. The van der Waals surface area contributed by atoms with Crippen LogP contribution in [0.2, 0.25) is 0 Å². The Hall–Kier alpha value is -5.08. The van der Waals surface area contributed by atoms with Crippen molar-refractivity contribution in [3.05, 3.63) is 179 Å². The minimum Gasteiger partial charge on any atom is -0.494 e. The topological polar surface area (TPSA) is 18.5 Å². The Morgan fingerprint density at radius 2 is 0.667 bits per heavy atom. The summed E-state index contributed by atoms with van der Waals surface area (Å²) in [4.78, 5) is 0. The molecule has 0 bridgehead atoms. The molecule has 2 heteroatoms. The first-order chi connectivity index (χ1) is 23.7. The zero-order valence-corrected chi connectivity index (χ0v) is 27.9. The molecule has 0 heterocycles. The lowest BCUT2D eigenvalue weighted by Crippen LogP contribution is -2.33. The summed E-state index contributed by atoms with van der Waals surface area (Å²) >= 11 is 0. The highest BCUT2D eigenvalue weighted by Gasteiger charge is 2.49. The second kappa shape index (κ2) is 12.5. The van der Waals surface area contributed by atoms with Gasteiger partial charge < -0.3 is 9.47 Å². The average molecular weight is 627 g/mol. The van der Waals surface area contributed by atoms with Crippen molar-refractivity contribution in [3.63, 3.8) is 0 Å². The molecule has 0 saturated carbocycles. The lowest BCUT2D eigenvalue weighted by Gasteiger charge is -2.39. The van der Waals surface area contributed by atoms with E-state index < -0.39 is 0 Å². The molecule has 0 unspecified atom stereocenters. The van der Waals surface area contributed by atoms with Crippen LogP contribution >= 0.6 is 0 Å². The van der Waals surface area contributed by atoms with Gasteiger partial charge in [-0.2, -0.15) is 0 Å². The quantitative estimate of drug-likeness (QED) is 0.142. The lowest BCUT2D eigenvalue weighted by molar-refractivity contribution is 0.317. The summed E-state index contributed by atoms with van der Waals surface area (Å²) in [5, 5.41) is 0. The summed E-state index contributed by atoms with van der Waals surface area (Å²) < 4.78 is 12.1. The molecule has 2 nitrogen and oxygen atoms in total. The van der Waals surface area contributed by atoms with Crippen LogP contribution in [-0.4, -0.2) is 13.2 Å². The highest BCUT2D eigenvalue weighted by atomic mass is 16.5. The van der Waals surface area contributed by atoms with E-state index in [1.807, 2.05) is 0 Å². The number of hydrogen-bond donors (Lipinski definition) is 0.